The molecule has 24 heavy (non-hydrogen) atoms. The molecule has 3 aromatic rings. The Morgan fingerprint density at radius 3 is 2.71 bits per heavy atom. The first-order valence-electron chi connectivity index (χ1n) is 7.31. The van der Waals surface area contributed by atoms with Crippen LogP contribution in [-0.2, 0) is 6.61 Å². The zero-order valence-electron chi connectivity index (χ0n) is 12.9. The molecule has 0 saturated carbocycles. The van der Waals surface area contributed by atoms with Crippen LogP contribution in [0.25, 0.3) is 10.6 Å². The molecule has 0 aliphatic carbocycles. The van der Waals surface area contributed by atoms with Gasteiger partial charge in [0, 0.05) is 11.3 Å². The lowest BCUT2D eigenvalue weighted by atomic mass is 10.2. The van der Waals surface area contributed by atoms with Gasteiger partial charge in [-0.2, -0.15) is 0 Å². The second kappa shape index (κ2) is 6.90. The van der Waals surface area contributed by atoms with E-state index in [1.54, 1.807) is 43.3 Å². The molecular weight excluding hydrogens is 327 g/mol. The van der Waals surface area contributed by atoms with Crippen molar-refractivity contribution < 1.29 is 14.3 Å². The Morgan fingerprint density at radius 1 is 1.25 bits per heavy atom. The minimum absolute atomic E-state index is 0.0853. The monoisotopic (exact) mass is 342 g/mol. The zero-order chi connectivity index (χ0) is 17.1. The molecule has 0 bridgehead atoms. The molecule has 0 atom stereocenters. The number of halogens is 1. The van der Waals surface area contributed by atoms with E-state index in [9.17, 15) is 9.18 Å². The first-order valence-corrected chi connectivity index (χ1v) is 8.13. The number of carbonyl (C=O) groups excluding carboxylic acids is 1. The highest BCUT2D eigenvalue weighted by Gasteiger charge is 2.16. The average Bonchev–Trinajstić information content (AvgIpc) is 2.97. The van der Waals surface area contributed by atoms with E-state index in [1.807, 2.05) is 0 Å². The maximum atomic E-state index is 13.0. The van der Waals surface area contributed by atoms with E-state index in [1.165, 1.54) is 23.5 Å². The van der Waals surface area contributed by atoms with Crippen molar-refractivity contribution in [3.8, 4) is 10.6 Å². The molecule has 1 heterocycles. The third-order valence-electron chi connectivity index (χ3n) is 3.46. The predicted molar refractivity (Wildman–Crippen MR) is 92.6 cm³/mol. The number of nitrogens with zero attached hydrogens (tertiary/aromatic N) is 1. The van der Waals surface area contributed by atoms with Crippen LogP contribution >= 0.6 is 11.3 Å². The highest BCUT2D eigenvalue weighted by atomic mass is 32.1. The van der Waals surface area contributed by atoms with Crippen LogP contribution in [-0.4, -0.2) is 16.0 Å². The van der Waals surface area contributed by atoms with Gasteiger partial charge in [0.25, 0.3) is 5.91 Å². The van der Waals surface area contributed by atoms with Gasteiger partial charge in [-0.1, -0.05) is 12.1 Å². The molecular formula is C18H15FN2O2S. The van der Waals surface area contributed by atoms with Crippen LogP contribution in [0.4, 0.5) is 10.1 Å². The highest BCUT2D eigenvalue weighted by Crippen LogP contribution is 2.28. The van der Waals surface area contributed by atoms with Crippen molar-refractivity contribution in [3.63, 3.8) is 0 Å². The van der Waals surface area contributed by atoms with Crippen molar-refractivity contribution in [1.29, 1.82) is 0 Å². The molecule has 0 spiro atoms. The zero-order valence-corrected chi connectivity index (χ0v) is 13.7. The maximum absolute atomic E-state index is 13.0. The molecule has 2 aromatic carbocycles. The molecule has 0 aliphatic rings. The van der Waals surface area contributed by atoms with E-state index >= 15 is 0 Å². The third kappa shape index (κ3) is 3.50. The molecule has 122 valence electrons. The Hall–Kier alpha value is -2.57. The van der Waals surface area contributed by atoms with Gasteiger partial charge in [-0.25, -0.2) is 9.37 Å². The van der Waals surface area contributed by atoms with Crippen LogP contribution in [0.5, 0.6) is 0 Å². The highest BCUT2D eigenvalue weighted by molar-refractivity contribution is 7.17. The van der Waals surface area contributed by atoms with Gasteiger partial charge in [0.1, 0.15) is 15.7 Å². The van der Waals surface area contributed by atoms with Gasteiger partial charge in [0.2, 0.25) is 0 Å². The van der Waals surface area contributed by atoms with E-state index < -0.39 is 0 Å². The van der Waals surface area contributed by atoms with Gasteiger partial charge in [-0.3, -0.25) is 4.79 Å². The van der Waals surface area contributed by atoms with E-state index in [-0.39, 0.29) is 18.3 Å². The van der Waals surface area contributed by atoms with Crippen molar-refractivity contribution in [3.05, 3.63) is 70.5 Å². The average molecular weight is 342 g/mol. The number of aliphatic hydroxyl groups excluding tert-OH is 1. The summed E-state index contributed by atoms with van der Waals surface area (Å²) in [5.41, 5.74) is 2.73. The largest absolute Gasteiger partial charge is 0.392 e. The summed E-state index contributed by atoms with van der Waals surface area (Å²) in [4.78, 5) is 17.4. The van der Waals surface area contributed by atoms with Crippen LogP contribution in [0, 0.1) is 12.7 Å². The van der Waals surface area contributed by atoms with Gasteiger partial charge < -0.3 is 10.4 Å². The summed E-state index contributed by atoms with van der Waals surface area (Å²) in [5, 5.41) is 12.6. The Balaban J connectivity index is 1.83. The van der Waals surface area contributed by atoms with Gasteiger partial charge in [-0.15, -0.1) is 11.3 Å². The first kappa shape index (κ1) is 16.3. The molecule has 1 amide bonds. The number of thiazole rings is 1. The molecule has 0 radical (unpaired) electrons. The molecule has 4 nitrogen and oxygen atoms in total. The topological polar surface area (TPSA) is 62.2 Å². The number of aliphatic hydroxyl groups is 1. The number of carbonyl (C=O) groups is 1. The van der Waals surface area contributed by atoms with E-state index in [2.05, 4.69) is 10.3 Å². The Kier molecular flexibility index (Phi) is 4.69. The number of amides is 1. The van der Waals surface area contributed by atoms with Crippen LogP contribution in [0.15, 0.2) is 48.5 Å². The van der Waals surface area contributed by atoms with E-state index in [0.717, 1.165) is 11.1 Å². The molecule has 3 rings (SSSR count). The maximum Gasteiger partial charge on any atom is 0.267 e. The summed E-state index contributed by atoms with van der Waals surface area (Å²) in [5.74, 6) is -0.567. The van der Waals surface area contributed by atoms with Crippen molar-refractivity contribution in [1.82, 2.24) is 4.98 Å². The van der Waals surface area contributed by atoms with Gasteiger partial charge >= 0.3 is 0 Å². The number of anilines is 1. The van der Waals surface area contributed by atoms with Crippen LogP contribution in [0.1, 0.15) is 20.9 Å². The lowest BCUT2D eigenvalue weighted by Crippen LogP contribution is -2.11. The summed E-state index contributed by atoms with van der Waals surface area (Å²) < 4.78 is 13.0. The summed E-state index contributed by atoms with van der Waals surface area (Å²) in [6.07, 6.45) is 0. The SMILES string of the molecule is Cc1nc(-c2ccc(F)cc2)sc1C(=O)Nc1cccc(CO)c1. The lowest BCUT2D eigenvalue weighted by molar-refractivity contribution is 0.103. The lowest BCUT2D eigenvalue weighted by Gasteiger charge is -2.05. The standard InChI is InChI=1S/C18H15FN2O2S/c1-11-16(17(23)21-15-4-2-3-12(9-15)10-22)24-18(20-11)13-5-7-14(19)8-6-13/h2-9,22H,10H2,1H3,(H,21,23). The number of benzene rings is 2. The van der Waals surface area contributed by atoms with Gasteiger partial charge in [0.15, 0.2) is 0 Å². The first-order chi connectivity index (χ1) is 11.6. The Bertz CT molecular complexity index is 875. The second-order valence-corrected chi connectivity index (χ2v) is 6.25. The van der Waals surface area contributed by atoms with Crippen molar-refractivity contribution in [2.45, 2.75) is 13.5 Å². The number of aromatic nitrogens is 1. The van der Waals surface area contributed by atoms with Crippen molar-refractivity contribution in [2.24, 2.45) is 0 Å². The summed E-state index contributed by atoms with van der Waals surface area (Å²) in [6.45, 7) is 1.68. The van der Waals surface area contributed by atoms with Crippen LogP contribution in [0.3, 0.4) is 0 Å². The van der Waals surface area contributed by atoms with Gasteiger partial charge in [-0.05, 0) is 48.9 Å². The van der Waals surface area contributed by atoms with Crippen molar-refractivity contribution >= 4 is 22.9 Å². The molecule has 6 heteroatoms. The fraction of sp³-hybridized carbons (Fsp3) is 0.111. The molecule has 1 aromatic heterocycles. The van der Waals surface area contributed by atoms with E-state index in [4.69, 9.17) is 5.11 Å². The summed E-state index contributed by atoms with van der Waals surface area (Å²) in [6, 6.07) is 13.0. The minimum atomic E-state index is -0.311. The summed E-state index contributed by atoms with van der Waals surface area (Å²) in [7, 11) is 0. The fourth-order valence-electron chi connectivity index (χ4n) is 2.26. The molecule has 0 aliphatic heterocycles. The number of rotatable bonds is 4. The number of aryl methyl sites for hydroxylation is 1. The second-order valence-electron chi connectivity index (χ2n) is 5.25. The number of nitrogens with one attached hydrogen (secondary N) is 1. The molecule has 0 saturated heterocycles. The molecule has 0 unspecified atom stereocenters. The van der Waals surface area contributed by atoms with Crippen LogP contribution < -0.4 is 5.32 Å². The normalized spacial score (nSPS) is 10.6. The van der Waals surface area contributed by atoms with E-state index in [0.29, 0.717) is 21.3 Å². The Labute approximate surface area is 142 Å². The number of hydrogen-bond donors (Lipinski definition) is 2. The molecule has 0 fully saturated rings. The predicted octanol–water partition coefficient (Wildman–Crippen LogP) is 4.00. The van der Waals surface area contributed by atoms with Crippen molar-refractivity contribution in [2.75, 3.05) is 5.32 Å². The fourth-order valence-corrected chi connectivity index (χ4v) is 3.23. The Morgan fingerprint density at radius 2 is 2.00 bits per heavy atom. The quantitative estimate of drug-likeness (QED) is 0.753. The van der Waals surface area contributed by atoms with Crippen LogP contribution in [0.2, 0.25) is 0 Å². The minimum Gasteiger partial charge on any atom is -0.392 e. The summed E-state index contributed by atoms with van der Waals surface area (Å²) >= 11 is 1.26. The molecule has 2 N–H and O–H groups in total. The van der Waals surface area contributed by atoms with Gasteiger partial charge in [0.05, 0.1) is 12.3 Å². The third-order valence-corrected chi connectivity index (χ3v) is 4.67. The number of hydrogen-bond acceptors (Lipinski definition) is 4. The smallest absolute Gasteiger partial charge is 0.267 e.